The van der Waals surface area contributed by atoms with E-state index in [1.807, 2.05) is 55.8 Å². The van der Waals surface area contributed by atoms with E-state index in [0.717, 1.165) is 24.8 Å². The first kappa shape index (κ1) is 30.4. The van der Waals surface area contributed by atoms with Crippen molar-refractivity contribution in [2.75, 3.05) is 30.5 Å². The van der Waals surface area contributed by atoms with Crippen molar-refractivity contribution in [1.82, 2.24) is 9.62 Å². The topological polar surface area (TPSA) is 114 Å². The Morgan fingerprint density at radius 3 is 2.42 bits per heavy atom. The van der Waals surface area contributed by atoms with Crippen LogP contribution in [0.3, 0.4) is 0 Å². The quantitative estimate of drug-likeness (QED) is 0.374. The Labute approximate surface area is 250 Å². The first-order chi connectivity index (χ1) is 20.4. The van der Waals surface area contributed by atoms with Gasteiger partial charge in [0.1, 0.15) is 35.9 Å². The smallest absolute Gasteiger partial charge is 0.410 e. The molecule has 2 saturated heterocycles. The first-order valence-electron chi connectivity index (χ1n) is 14.3. The molecule has 1 N–H and O–H groups in total. The van der Waals surface area contributed by atoms with Crippen LogP contribution in [0.4, 0.5) is 14.9 Å². The molecular weight excluding hydrogens is 577 g/mol. The molecule has 0 unspecified atom stereocenters. The second-order valence-electron chi connectivity index (χ2n) is 11.8. The molecular formula is C31H36FN3O7S. The van der Waals surface area contributed by atoms with Gasteiger partial charge in [-0.25, -0.2) is 18.2 Å². The molecule has 0 spiro atoms. The van der Waals surface area contributed by atoms with Gasteiger partial charge in [-0.15, -0.1) is 0 Å². The fourth-order valence-corrected chi connectivity index (χ4v) is 6.34. The SMILES string of the molecule is CC(C)(C)OC(=O)N1CCC(CCOc2ccc3cc(OCc4ccccc4)c(N4CC(=O)NS4(=O)=O)c(F)c3c2)CC1. The van der Waals surface area contributed by atoms with Gasteiger partial charge in [-0.2, -0.15) is 8.42 Å². The van der Waals surface area contributed by atoms with Crippen LogP contribution in [0.5, 0.6) is 11.5 Å². The van der Waals surface area contributed by atoms with Crippen molar-refractivity contribution in [3.63, 3.8) is 0 Å². The zero-order valence-electron chi connectivity index (χ0n) is 24.5. The molecule has 0 radical (unpaired) electrons. The minimum Gasteiger partial charge on any atom is -0.494 e. The molecule has 12 heteroatoms. The normalized spacial score (nSPS) is 17.2. The van der Waals surface area contributed by atoms with Gasteiger partial charge in [0.05, 0.1) is 6.61 Å². The molecule has 0 saturated carbocycles. The number of piperidine rings is 1. The molecule has 2 aliphatic heterocycles. The maximum atomic E-state index is 16.2. The van der Waals surface area contributed by atoms with Crippen molar-refractivity contribution in [2.45, 2.75) is 52.2 Å². The van der Waals surface area contributed by atoms with Crippen LogP contribution in [0.2, 0.25) is 0 Å². The average molecular weight is 614 g/mol. The minimum absolute atomic E-state index is 0.000297. The molecule has 0 aliphatic carbocycles. The summed E-state index contributed by atoms with van der Waals surface area (Å²) in [5.41, 5.74) is -0.0577. The summed E-state index contributed by atoms with van der Waals surface area (Å²) in [6.45, 7) is 6.69. The molecule has 0 bridgehead atoms. The van der Waals surface area contributed by atoms with E-state index >= 15 is 4.39 Å². The van der Waals surface area contributed by atoms with Crippen molar-refractivity contribution in [3.8, 4) is 11.5 Å². The van der Waals surface area contributed by atoms with Crippen LogP contribution in [0, 0.1) is 11.7 Å². The molecule has 3 aromatic rings. The fraction of sp³-hybridized carbons (Fsp3) is 0.419. The van der Waals surface area contributed by atoms with Crippen LogP contribution >= 0.6 is 0 Å². The fourth-order valence-electron chi connectivity index (χ4n) is 5.18. The lowest BCUT2D eigenvalue weighted by atomic mass is 9.94. The lowest BCUT2D eigenvalue weighted by Crippen LogP contribution is -2.41. The molecule has 2 aliphatic rings. The van der Waals surface area contributed by atoms with E-state index in [-0.39, 0.29) is 29.5 Å². The maximum Gasteiger partial charge on any atom is 0.410 e. The number of amides is 2. The molecule has 0 atom stereocenters. The van der Waals surface area contributed by atoms with Crippen molar-refractivity contribution in [1.29, 1.82) is 0 Å². The van der Waals surface area contributed by atoms with E-state index < -0.39 is 34.1 Å². The zero-order chi connectivity index (χ0) is 30.8. The Hall–Kier alpha value is -4.06. The number of rotatable bonds is 8. The predicted octanol–water partition coefficient (Wildman–Crippen LogP) is 5.15. The number of halogens is 1. The lowest BCUT2D eigenvalue weighted by molar-refractivity contribution is -0.117. The summed E-state index contributed by atoms with van der Waals surface area (Å²) in [6.07, 6.45) is 2.14. The van der Waals surface area contributed by atoms with Crippen molar-refractivity contribution in [2.24, 2.45) is 5.92 Å². The van der Waals surface area contributed by atoms with E-state index in [1.165, 1.54) is 6.07 Å². The lowest BCUT2D eigenvalue weighted by Gasteiger charge is -2.33. The van der Waals surface area contributed by atoms with Gasteiger partial charge < -0.3 is 19.1 Å². The third kappa shape index (κ3) is 7.30. The first-order valence-corrected chi connectivity index (χ1v) is 15.7. The number of anilines is 1. The summed E-state index contributed by atoms with van der Waals surface area (Å²) in [5, 5.41) is 0.627. The molecule has 5 rings (SSSR count). The van der Waals surface area contributed by atoms with E-state index in [9.17, 15) is 18.0 Å². The van der Waals surface area contributed by atoms with Crippen LogP contribution in [0.25, 0.3) is 10.8 Å². The van der Waals surface area contributed by atoms with E-state index in [0.29, 0.717) is 41.1 Å². The van der Waals surface area contributed by atoms with Crippen molar-refractivity contribution >= 4 is 38.7 Å². The maximum absolute atomic E-state index is 16.2. The van der Waals surface area contributed by atoms with Crippen molar-refractivity contribution in [3.05, 3.63) is 66.0 Å². The molecule has 3 aromatic carbocycles. The Balaban J connectivity index is 1.29. The number of hydrogen-bond acceptors (Lipinski definition) is 7. The number of carbonyl (C=O) groups excluding carboxylic acids is 2. The predicted molar refractivity (Wildman–Crippen MR) is 160 cm³/mol. The number of likely N-dealkylation sites (tertiary alicyclic amines) is 1. The van der Waals surface area contributed by atoms with E-state index in [1.54, 1.807) is 23.1 Å². The minimum atomic E-state index is -4.29. The highest BCUT2D eigenvalue weighted by Gasteiger charge is 2.38. The highest BCUT2D eigenvalue weighted by atomic mass is 32.2. The summed E-state index contributed by atoms with van der Waals surface area (Å²) < 4.78 is 61.4. The van der Waals surface area contributed by atoms with Crippen LogP contribution < -0.4 is 18.5 Å². The van der Waals surface area contributed by atoms with Crippen LogP contribution in [-0.2, 0) is 26.3 Å². The number of hydrogen-bond donors (Lipinski definition) is 1. The average Bonchev–Trinajstić information content (AvgIpc) is 3.23. The van der Waals surface area contributed by atoms with Crippen molar-refractivity contribution < 1.29 is 36.6 Å². The van der Waals surface area contributed by atoms with E-state index in [4.69, 9.17) is 14.2 Å². The zero-order valence-corrected chi connectivity index (χ0v) is 25.3. The second kappa shape index (κ2) is 12.3. The van der Waals surface area contributed by atoms with Crippen LogP contribution in [0.15, 0.2) is 54.6 Å². The van der Waals surface area contributed by atoms with Gasteiger partial charge in [-0.1, -0.05) is 36.4 Å². The summed E-state index contributed by atoms with van der Waals surface area (Å²) >= 11 is 0. The number of benzene rings is 3. The third-order valence-corrected chi connectivity index (χ3v) is 8.73. The second-order valence-corrected chi connectivity index (χ2v) is 13.4. The molecule has 10 nitrogen and oxygen atoms in total. The highest BCUT2D eigenvalue weighted by Crippen LogP contribution is 2.40. The number of nitrogens with one attached hydrogen (secondary N) is 1. The Bertz CT molecular complexity index is 1600. The largest absolute Gasteiger partial charge is 0.494 e. The van der Waals surface area contributed by atoms with Crippen LogP contribution in [-0.4, -0.2) is 57.2 Å². The van der Waals surface area contributed by atoms with Gasteiger partial charge >= 0.3 is 16.3 Å². The number of nitrogens with zero attached hydrogens (tertiary/aromatic N) is 2. The Morgan fingerprint density at radius 2 is 1.77 bits per heavy atom. The van der Waals surface area contributed by atoms with Gasteiger partial charge in [-0.05, 0) is 75.1 Å². The van der Waals surface area contributed by atoms with E-state index in [2.05, 4.69) is 0 Å². The molecule has 2 amide bonds. The van der Waals surface area contributed by atoms with Gasteiger partial charge in [0.15, 0.2) is 5.82 Å². The summed E-state index contributed by atoms with van der Waals surface area (Å²) in [5.74, 6) is -0.791. The highest BCUT2D eigenvalue weighted by molar-refractivity contribution is 7.92. The Morgan fingerprint density at radius 1 is 1.05 bits per heavy atom. The third-order valence-electron chi connectivity index (χ3n) is 7.36. The standard InChI is InChI=1S/C31H36FN3O7S/c1-31(2,3)42-30(37)34-14-11-21(12-15-34)13-16-40-24-10-9-23-17-26(41-20-22-7-5-4-6-8-22)29(28(32)25(23)18-24)35-19-27(36)33-43(35,38)39/h4-10,17-18,21H,11-16,19-20H2,1-3H3,(H,33,36). The number of ether oxygens (including phenoxy) is 3. The molecule has 43 heavy (non-hydrogen) atoms. The molecule has 2 heterocycles. The molecule has 0 aromatic heterocycles. The van der Waals surface area contributed by atoms with Gasteiger partial charge in [0.25, 0.3) is 5.91 Å². The van der Waals surface area contributed by atoms with Gasteiger partial charge in [0, 0.05) is 18.5 Å². The van der Waals surface area contributed by atoms with Gasteiger partial charge in [-0.3, -0.25) is 4.79 Å². The summed E-state index contributed by atoms with van der Waals surface area (Å²) in [6, 6.07) is 15.7. The number of fused-ring (bicyclic) bond motifs is 1. The summed E-state index contributed by atoms with van der Waals surface area (Å²) in [7, 11) is -4.29. The van der Waals surface area contributed by atoms with Crippen LogP contribution in [0.1, 0.15) is 45.6 Å². The number of carbonyl (C=O) groups is 2. The Kier molecular flexibility index (Phi) is 8.68. The molecule has 230 valence electrons. The summed E-state index contributed by atoms with van der Waals surface area (Å²) in [4.78, 5) is 26.0. The molecule has 2 fully saturated rings. The van der Waals surface area contributed by atoms with Gasteiger partial charge in [0.2, 0.25) is 0 Å². The monoisotopic (exact) mass is 613 g/mol.